The fourth-order valence-corrected chi connectivity index (χ4v) is 2.19. The molecule has 1 saturated carbocycles. The first-order valence-electron chi connectivity index (χ1n) is 6.61. The van der Waals surface area contributed by atoms with E-state index in [0.29, 0.717) is 5.92 Å². The molecule has 0 heterocycles. The van der Waals surface area contributed by atoms with E-state index in [1.807, 2.05) is 6.92 Å². The van der Waals surface area contributed by atoms with Gasteiger partial charge in [0.25, 0.3) is 0 Å². The zero-order valence-corrected chi connectivity index (χ0v) is 11.2. The van der Waals surface area contributed by atoms with Gasteiger partial charge in [0.15, 0.2) is 0 Å². The summed E-state index contributed by atoms with van der Waals surface area (Å²) in [7, 11) is 0. The monoisotopic (exact) mass is 278 g/mol. The Morgan fingerprint density at radius 3 is 2.55 bits per heavy atom. The number of hydrogen-bond acceptors (Lipinski definition) is 3. The van der Waals surface area contributed by atoms with E-state index < -0.39 is 12.0 Å². The van der Waals surface area contributed by atoms with Gasteiger partial charge in [0, 0.05) is 6.04 Å². The van der Waals surface area contributed by atoms with Crippen molar-refractivity contribution < 1.29 is 19.8 Å². The molecule has 0 aliphatic heterocycles. The summed E-state index contributed by atoms with van der Waals surface area (Å²) in [5, 5.41) is 23.8. The summed E-state index contributed by atoms with van der Waals surface area (Å²) in [6, 6.07) is 3.49. The molecular weight excluding hydrogens is 260 g/mol. The number of carbonyl (C=O) groups excluding carboxylic acids is 1. The summed E-state index contributed by atoms with van der Waals surface area (Å²) in [6.45, 7) is 1.96. The standard InChI is InChI=1S/C14H18N2O4/c1-8(9-3-2-4-9)15-14(20)16-11-6-5-10(13(18)19)7-12(11)17/h5-9,17H,2-4H2,1H3,(H,18,19)(H2,15,16,20). The molecule has 0 aromatic heterocycles. The molecular formula is C14H18N2O4. The first kappa shape index (κ1) is 14.2. The van der Waals surface area contributed by atoms with Gasteiger partial charge in [0.1, 0.15) is 5.75 Å². The van der Waals surface area contributed by atoms with E-state index >= 15 is 0 Å². The number of phenolic OH excluding ortho intramolecular Hbond substituents is 1. The van der Waals surface area contributed by atoms with Crippen molar-refractivity contribution in [2.75, 3.05) is 5.32 Å². The summed E-state index contributed by atoms with van der Waals surface area (Å²) in [4.78, 5) is 22.5. The van der Waals surface area contributed by atoms with E-state index in [2.05, 4.69) is 10.6 Å². The molecule has 2 rings (SSSR count). The van der Waals surface area contributed by atoms with Crippen LogP contribution in [-0.2, 0) is 0 Å². The highest BCUT2D eigenvalue weighted by Crippen LogP contribution is 2.29. The average molecular weight is 278 g/mol. The van der Waals surface area contributed by atoms with Crippen molar-refractivity contribution in [3.8, 4) is 5.75 Å². The topological polar surface area (TPSA) is 98.7 Å². The number of carbonyl (C=O) groups is 2. The van der Waals surface area contributed by atoms with Crippen LogP contribution in [0.4, 0.5) is 10.5 Å². The van der Waals surface area contributed by atoms with Gasteiger partial charge in [-0.3, -0.25) is 0 Å². The summed E-state index contributed by atoms with van der Waals surface area (Å²) in [5.41, 5.74) is 0.157. The lowest BCUT2D eigenvalue weighted by molar-refractivity contribution is 0.0696. The maximum atomic E-state index is 11.8. The average Bonchev–Trinajstić information content (AvgIpc) is 2.28. The highest BCUT2D eigenvalue weighted by atomic mass is 16.4. The molecule has 4 N–H and O–H groups in total. The van der Waals surface area contributed by atoms with Gasteiger partial charge < -0.3 is 20.8 Å². The summed E-state index contributed by atoms with van der Waals surface area (Å²) in [6.07, 6.45) is 3.45. The van der Waals surface area contributed by atoms with Crippen LogP contribution in [-0.4, -0.2) is 28.3 Å². The Morgan fingerprint density at radius 2 is 2.05 bits per heavy atom. The summed E-state index contributed by atoms with van der Waals surface area (Å²) < 4.78 is 0. The Labute approximate surface area is 116 Å². The van der Waals surface area contributed by atoms with Gasteiger partial charge in [-0.15, -0.1) is 0 Å². The number of rotatable bonds is 4. The Morgan fingerprint density at radius 1 is 1.35 bits per heavy atom. The molecule has 1 aromatic rings. The van der Waals surface area contributed by atoms with Crippen molar-refractivity contribution in [2.24, 2.45) is 5.92 Å². The third-order valence-electron chi connectivity index (χ3n) is 3.71. The summed E-state index contributed by atoms with van der Waals surface area (Å²) >= 11 is 0. The lowest BCUT2D eigenvalue weighted by Crippen LogP contribution is -2.42. The lowest BCUT2D eigenvalue weighted by Gasteiger charge is -2.31. The molecule has 20 heavy (non-hydrogen) atoms. The number of aromatic carboxylic acids is 1. The Kier molecular flexibility index (Phi) is 4.12. The molecule has 1 aromatic carbocycles. The second kappa shape index (κ2) is 5.81. The van der Waals surface area contributed by atoms with Gasteiger partial charge in [-0.1, -0.05) is 6.42 Å². The van der Waals surface area contributed by atoms with Crippen molar-refractivity contribution in [3.05, 3.63) is 23.8 Å². The number of phenols is 1. The van der Waals surface area contributed by atoms with Crippen LogP contribution in [0.25, 0.3) is 0 Å². The quantitative estimate of drug-likeness (QED) is 0.635. The maximum Gasteiger partial charge on any atom is 0.335 e. The van der Waals surface area contributed by atoms with Crippen LogP contribution in [0.1, 0.15) is 36.5 Å². The van der Waals surface area contributed by atoms with Crippen LogP contribution in [0.3, 0.4) is 0 Å². The molecule has 1 aliphatic rings. The normalized spacial score (nSPS) is 16.1. The molecule has 1 atom stereocenters. The van der Waals surface area contributed by atoms with Crippen molar-refractivity contribution >= 4 is 17.7 Å². The fraction of sp³-hybridized carbons (Fsp3) is 0.429. The number of hydrogen-bond donors (Lipinski definition) is 4. The van der Waals surface area contributed by atoms with E-state index in [0.717, 1.165) is 18.9 Å². The van der Waals surface area contributed by atoms with Gasteiger partial charge >= 0.3 is 12.0 Å². The predicted molar refractivity (Wildman–Crippen MR) is 74.0 cm³/mol. The van der Waals surface area contributed by atoms with E-state index in [9.17, 15) is 14.7 Å². The number of amides is 2. The molecule has 1 unspecified atom stereocenters. The van der Waals surface area contributed by atoms with Gasteiger partial charge in [-0.2, -0.15) is 0 Å². The van der Waals surface area contributed by atoms with Crippen molar-refractivity contribution in [3.63, 3.8) is 0 Å². The molecule has 1 aliphatic carbocycles. The van der Waals surface area contributed by atoms with E-state index in [-0.39, 0.29) is 23.0 Å². The maximum absolute atomic E-state index is 11.8. The van der Waals surface area contributed by atoms with Crippen molar-refractivity contribution in [1.82, 2.24) is 5.32 Å². The minimum Gasteiger partial charge on any atom is -0.506 e. The fourth-order valence-electron chi connectivity index (χ4n) is 2.19. The highest BCUT2D eigenvalue weighted by molar-refractivity contribution is 5.93. The largest absolute Gasteiger partial charge is 0.506 e. The van der Waals surface area contributed by atoms with Gasteiger partial charge in [-0.25, -0.2) is 9.59 Å². The number of anilines is 1. The third kappa shape index (κ3) is 3.20. The zero-order chi connectivity index (χ0) is 14.7. The summed E-state index contributed by atoms with van der Waals surface area (Å²) in [5.74, 6) is -0.880. The van der Waals surface area contributed by atoms with Crippen LogP contribution in [0.5, 0.6) is 5.75 Å². The minimum absolute atomic E-state index is 0.0312. The first-order valence-corrected chi connectivity index (χ1v) is 6.61. The molecule has 0 spiro atoms. The Bertz CT molecular complexity index is 526. The second-order valence-corrected chi connectivity index (χ2v) is 5.12. The number of nitrogens with one attached hydrogen (secondary N) is 2. The number of benzene rings is 1. The van der Waals surface area contributed by atoms with E-state index in [1.165, 1.54) is 18.6 Å². The molecule has 0 radical (unpaired) electrons. The van der Waals surface area contributed by atoms with Gasteiger partial charge in [-0.05, 0) is 43.9 Å². The van der Waals surface area contributed by atoms with Crippen LogP contribution < -0.4 is 10.6 Å². The highest BCUT2D eigenvalue weighted by Gasteiger charge is 2.25. The molecule has 6 heteroatoms. The number of urea groups is 1. The third-order valence-corrected chi connectivity index (χ3v) is 3.71. The number of aromatic hydroxyl groups is 1. The smallest absolute Gasteiger partial charge is 0.335 e. The first-order chi connectivity index (χ1) is 9.47. The second-order valence-electron chi connectivity index (χ2n) is 5.12. The van der Waals surface area contributed by atoms with Gasteiger partial charge in [0.2, 0.25) is 0 Å². The zero-order valence-electron chi connectivity index (χ0n) is 11.2. The van der Waals surface area contributed by atoms with E-state index in [1.54, 1.807) is 0 Å². The van der Waals surface area contributed by atoms with Crippen molar-refractivity contribution in [2.45, 2.75) is 32.2 Å². The number of carboxylic acid groups (broad SMARTS) is 1. The van der Waals surface area contributed by atoms with Crippen LogP contribution >= 0.6 is 0 Å². The molecule has 0 saturated heterocycles. The Balaban J connectivity index is 1.95. The van der Waals surface area contributed by atoms with Crippen LogP contribution in [0, 0.1) is 5.92 Å². The van der Waals surface area contributed by atoms with Crippen LogP contribution in [0.2, 0.25) is 0 Å². The SMILES string of the molecule is CC(NC(=O)Nc1ccc(C(=O)O)cc1O)C1CCC1. The molecule has 2 amide bonds. The van der Waals surface area contributed by atoms with Crippen LogP contribution in [0.15, 0.2) is 18.2 Å². The molecule has 1 fully saturated rings. The van der Waals surface area contributed by atoms with Crippen molar-refractivity contribution in [1.29, 1.82) is 0 Å². The Hall–Kier alpha value is -2.24. The predicted octanol–water partition coefficient (Wildman–Crippen LogP) is 2.40. The molecule has 0 bridgehead atoms. The van der Waals surface area contributed by atoms with E-state index in [4.69, 9.17) is 5.11 Å². The molecule has 6 nitrogen and oxygen atoms in total. The molecule has 108 valence electrons. The minimum atomic E-state index is -1.13. The van der Waals surface area contributed by atoms with Gasteiger partial charge in [0.05, 0.1) is 11.3 Å². The lowest BCUT2D eigenvalue weighted by atomic mass is 9.80. The number of carboxylic acids is 1.